The zero-order valence-corrected chi connectivity index (χ0v) is 76.2. The molecular weight excluding hydrogens is 1800 g/mol. The van der Waals surface area contributed by atoms with E-state index in [2.05, 4.69) is 35.4 Å². The molecule has 16 N–H and O–H groups in total. The summed E-state index contributed by atoms with van der Waals surface area (Å²) in [6, 6.07) is 79.0. The number of esters is 5. The fourth-order valence-corrected chi connectivity index (χ4v) is 12.9. The Balaban J connectivity index is 0.000000233. The highest BCUT2D eigenvalue weighted by atomic mass is 35.5. The first kappa shape index (κ1) is 107. The Labute approximate surface area is 796 Å². The maximum Gasteiger partial charge on any atom is 0.341 e. The molecule has 0 aliphatic heterocycles. The number of hydrogen-bond donors (Lipinski definition) is 10. The number of anilines is 1. The van der Waals surface area contributed by atoms with Gasteiger partial charge in [-0.2, -0.15) is 0 Å². The molecule has 0 saturated carbocycles. The third kappa shape index (κ3) is 32.3. The van der Waals surface area contributed by atoms with Gasteiger partial charge in [-0.15, -0.1) is 12.4 Å². The molecule has 0 radical (unpaired) electrons. The molecular formula is C100H101ClN16O21. The number of carboxylic acids is 1. The van der Waals surface area contributed by atoms with Gasteiger partial charge >= 0.3 is 35.8 Å². The lowest BCUT2D eigenvalue weighted by molar-refractivity contribution is -0.384. The molecule has 13 aromatic rings. The summed E-state index contributed by atoms with van der Waals surface area (Å²) in [4.78, 5) is 177. The Morgan fingerprint density at radius 1 is 0.362 bits per heavy atom. The number of amidine groups is 1. The molecule has 9 aromatic carbocycles. The number of carbonyl (C=O) groups is 9. The minimum absolute atomic E-state index is 0. The number of nitrogens with two attached hydrogens (primary N) is 6. The zero-order valence-electron chi connectivity index (χ0n) is 75.4. The topological polar surface area (TPSA) is 568 Å². The predicted octanol–water partition coefficient (Wildman–Crippen LogP) is 9.76. The zero-order chi connectivity index (χ0) is 99.6. The van der Waals surface area contributed by atoms with Crippen molar-refractivity contribution < 1.29 is 76.9 Å². The van der Waals surface area contributed by atoms with E-state index in [4.69, 9.17) is 53.7 Å². The van der Waals surface area contributed by atoms with Crippen molar-refractivity contribution >= 4 is 100 Å². The average Bonchev–Trinajstić information content (AvgIpc) is 0.815. The van der Waals surface area contributed by atoms with Crippen molar-refractivity contribution in [2.45, 2.75) is 63.3 Å². The van der Waals surface area contributed by atoms with Crippen molar-refractivity contribution in [3.05, 3.63) is 446 Å². The smallest absolute Gasteiger partial charge is 0.341 e. The first-order chi connectivity index (χ1) is 65.8. The van der Waals surface area contributed by atoms with Crippen LogP contribution in [0.15, 0.2) is 351 Å². The van der Waals surface area contributed by atoms with E-state index in [-0.39, 0.29) is 46.3 Å². The van der Waals surface area contributed by atoms with Crippen LogP contribution in [0.4, 0.5) is 22.7 Å². The highest BCUT2D eigenvalue weighted by Crippen LogP contribution is 2.26. The summed E-state index contributed by atoms with van der Waals surface area (Å²) in [7, 11) is 6.19. The summed E-state index contributed by atoms with van der Waals surface area (Å²) < 4.78 is 29.1. The van der Waals surface area contributed by atoms with Gasteiger partial charge in [0.15, 0.2) is 24.1 Å². The minimum Gasteiger partial charge on any atom is -0.477 e. The minimum atomic E-state index is -1.20. The number of aliphatic imine (C=N–C) groups is 2. The van der Waals surface area contributed by atoms with E-state index in [1.54, 1.807) is 141 Å². The van der Waals surface area contributed by atoms with E-state index < -0.39 is 111 Å². The average molecular weight is 1900 g/mol. The second kappa shape index (κ2) is 54.2. The van der Waals surface area contributed by atoms with Gasteiger partial charge in [-0.1, -0.05) is 200 Å². The first-order valence-electron chi connectivity index (χ1n) is 41.5. The van der Waals surface area contributed by atoms with Crippen molar-refractivity contribution in [1.82, 2.24) is 34.2 Å². The van der Waals surface area contributed by atoms with Gasteiger partial charge in [0.1, 0.15) is 34.3 Å². The molecule has 13 rings (SSSR count). The van der Waals surface area contributed by atoms with Gasteiger partial charge in [-0.05, 0) is 142 Å². The van der Waals surface area contributed by atoms with E-state index in [1.165, 1.54) is 102 Å². The largest absolute Gasteiger partial charge is 0.477 e. The third-order valence-electron chi connectivity index (χ3n) is 19.7. The number of pyridine rings is 4. The van der Waals surface area contributed by atoms with Crippen LogP contribution in [-0.2, 0) is 73.8 Å². The molecule has 0 unspecified atom stereocenters. The lowest BCUT2D eigenvalue weighted by Crippen LogP contribution is -2.38. The van der Waals surface area contributed by atoms with Crippen LogP contribution in [0.25, 0.3) is 0 Å². The molecule has 0 bridgehead atoms. The van der Waals surface area contributed by atoms with Crippen LogP contribution >= 0.6 is 12.4 Å². The van der Waals surface area contributed by atoms with Gasteiger partial charge in [0.05, 0.1) is 83.9 Å². The summed E-state index contributed by atoms with van der Waals surface area (Å²) in [6.07, 6.45) is 6.41. The Hall–Kier alpha value is -17.8. The van der Waals surface area contributed by atoms with Gasteiger partial charge in [0, 0.05) is 42.6 Å². The number of carboxylic acid groups (broad SMARTS) is 1. The fraction of sp³-hybridized carbons (Fsp3) is 0.150. The highest BCUT2D eigenvalue weighted by molar-refractivity contribution is 5.99. The highest BCUT2D eigenvalue weighted by Gasteiger charge is 2.30. The standard InChI is InChI=1S/C24H24N4O4.C23H23N5O4.C22H21N3O4.C13H11NO3.C9H10N2O4.C9H11NO2.ClH/c1-16(25)26-19-11-6-10-18(14-19)21(24(31)32-2)27-22(29)20-12-7-13-28(23(20)30)15-17-8-4-3-5-9-17;1-32-22(31)19(16-9-5-10-17(13-16)26-23(24)25)27-20(29)18-11-6-12-28(21(18)30)14-15-7-3-2-4-8-15;1-29-22(28)19(16-9-5-10-17(23)13-16)24-20(26)18-11-6-12-25(21(18)27)14-15-7-3-2-4-8-15;15-12-11(13(16)17)7-4-8-14(12)9-10-5-2-1-3-6-10;1-15-9(12)8(10)6-3-2-4-7(5-6)11(13)14;1-12-9(11)8(10)7-5-3-2-4-6-7;/h3-14,21H,15H2,1-2H3,(H2,25,26)(H,27,29);2-13,19H,14H2,1H3,(H,27,29)(H4,24,25,26);2-13,19H,14,23H2,1H3,(H,24,26);1-8H,9H2,(H,16,17);2-5,8H,10H2,1H3;2-6,8H,10H2,1H3;1H/t21-;2*19-;;2*8-;/m000.00./s1. The number of amides is 3. The number of benzene rings is 9. The number of nitrogens with zero attached hydrogens (tertiary/aromatic N) is 7. The monoisotopic (exact) mass is 1900 g/mol. The summed E-state index contributed by atoms with van der Waals surface area (Å²) in [5, 5.41) is 27.1. The molecule has 5 atom stereocenters. The Morgan fingerprint density at radius 2 is 0.645 bits per heavy atom. The summed E-state index contributed by atoms with van der Waals surface area (Å²) in [6.45, 7) is 2.97. The molecule has 4 aromatic heterocycles. The number of ether oxygens (including phenoxy) is 5. The van der Waals surface area contributed by atoms with Gasteiger partial charge in [-0.25, -0.2) is 29.2 Å². The van der Waals surface area contributed by atoms with E-state index in [1.807, 2.05) is 140 Å². The number of guanidine groups is 1. The predicted molar refractivity (Wildman–Crippen MR) is 519 cm³/mol. The number of non-ortho nitro benzene ring substituents is 1. The fourth-order valence-electron chi connectivity index (χ4n) is 12.9. The van der Waals surface area contributed by atoms with Crippen molar-refractivity contribution in [3.63, 3.8) is 0 Å². The maximum atomic E-state index is 13.0. The van der Waals surface area contributed by atoms with Crippen LogP contribution in [-0.4, -0.2) is 129 Å². The summed E-state index contributed by atoms with van der Waals surface area (Å²) in [5.41, 5.74) is 38.4. The number of nitro benzene ring substituents is 1. The number of carbonyl (C=O) groups excluding carboxylic acids is 8. The Kier molecular flexibility index (Phi) is 42.1. The Morgan fingerprint density at radius 3 is 0.957 bits per heavy atom. The van der Waals surface area contributed by atoms with E-state index in [0.29, 0.717) is 71.3 Å². The van der Waals surface area contributed by atoms with Gasteiger partial charge in [-0.3, -0.25) is 53.3 Å². The lowest BCUT2D eigenvalue weighted by Gasteiger charge is -2.17. The lowest BCUT2D eigenvalue weighted by atomic mass is 10.1. The number of halogens is 1. The van der Waals surface area contributed by atoms with Crippen LogP contribution in [0.2, 0.25) is 0 Å². The number of nitrogen functional groups attached to an aromatic ring is 1. The number of nitrogens with one attached hydrogen (secondary N) is 3. The molecule has 38 heteroatoms. The number of aromatic carboxylic acids is 1. The quantitative estimate of drug-likeness (QED) is 0.00414. The second-order valence-corrected chi connectivity index (χ2v) is 29.4. The molecule has 4 heterocycles. The molecule has 37 nitrogen and oxygen atoms in total. The van der Waals surface area contributed by atoms with Crippen LogP contribution in [0.5, 0.6) is 0 Å². The van der Waals surface area contributed by atoms with Crippen LogP contribution in [0.1, 0.15) is 129 Å². The number of hydrogen-bond acceptors (Lipinski definition) is 25. The van der Waals surface area contributed by atoms with E-state index in [9.17, 15) is 72.4 Å². The molecule has 0 aliphatic carbocycles. The molecule has 0 fully saturated rings. The summed E-state index contributed by atoms with van der Waals surface area (Å²) in [5.74, 6) is -6.15. The van der Waals surface area contributed by atoms with Gasteiger partial charge in [0.25, 0.3) is 45.6 Å². The Bertz CT molecular complexity index is 6490. The number of rotatable bonds is 28. The molecule has 0 aliphatic rings. The molecule has 3 amide bonds. The molecule has 714 valence electrons. The number of methoxy groups -OCH3 is 5. The van der Waals surface area contributed by atoms with Crippen LogP contribution in [0, 0.1) is 10.1 Å². The summed E-state index contributed by atoms with van der Waals surface area (Å²) >= 11 is 0. The molecule has 0 spiro atoms. The number of nitro groups is 1. The van der Waals surface area contributed by atoms with Crippen molar-refractivity contribution in [2.24, 2.45) is 38.7 Å². The first-order valence-corrected chi connectivity index (χ1v) is 41.5. The maximum absolute atomic E-state index is 13.0. The van der Waals surface area contributed by atoms with Gasteiger partial charge < -0.3 is 97.4 Å². The second-order valence-electron chi connectivity index (χ2n) is 29.4. The van der Waals surface area contributed by atoms with Gasteiger partial charge in [0.2, 0.25) is 0 Å². The van der Waals surface area contributed by atoms with Crippen LogP contribution in [0.3, 0.4) is 0 Å². The van der Waals surface area contributed by atoms with Crippen molar-refractivity contribution in [2.75, 3.05) is 41.3 Å². The SMILES string of the molecule is COC(=O)[C@@H](N)c1cccc([N+](=O)[O-])c1.COC(=O)[C@@H](N)c1ccccc1.COC(=O)[C@@H](NC(=O)c1cccn(Cc2ccccc2)c1=O)c1cccc(N)c1.COC(=O)[C@@H](NC(=O)c1cccn(Cc2ccccc2)c1=O)c1cccc(N=C(C)N)c1.COC(=O)[C@@H](NC(=O)c1cccn(Cc2ccccc2)c1=O)c1cccc(N=C(N)N)c1.Cl.O=C(O)c1cccn(Cc2ccccc2)c1=O. The third-order valence-corrected chi connectivity index (χ3v) is 19.7. The van der Waals surface area contributed by atoms with Crippen LogP contribution < -0.4 is 72.6 Å². The number of aromatic nitrogens is 4. The van der Waals surface area contributed by atoms with E-state index in [0.717, 1.165) is 27.8 Å². The normalized spacial score (nSPS) is 11.4. The molecule has 138 heavy (non-hydrogen) atoms. The van der Waals surface area contributed by atoms with Crippen molar-refractivity contribution in [3.8, 4) is 0 Å². The van der Waals surface area contributed by atoms with Crippen molar-refractivity contribution in [1.29, 1.82) is 0 Å². The van der Waals surface area contributed by atoms with E-state index >= 15 is 0 Å². The molecule has 0 saturated heterocycles.